The largest absolute Gasteiger partial charge is 0.425 e. The van der Waals surface area contributed by atoms with E-state index in [9.17, 15) is 10.1 Å². The smallest absolute Gasteiger partial charge is 0.336 e. The van der Waals surface area contributed by atoms with Crippen LogP contribution in [0.2, 0.25) is 0 Å². The molecule has 0 saturated carbocycles. The molecule has 118 valence electrons. The molecule has 0 aliphatic carbocycles. The van der Waals surface area contributed by atoms with Crippen molar-refractivity contribution in [2.24, 2.45) is 5.41 Å². The first-order chi connectivity index (χ1) is 10.6. The van der Waals surface area contributed by atoms with Crippen LogP contribution in [0.4, 0.5) is 0 Å². The normalized spacial score (nSPS) is 24.5. The Labute approximate surface area is 130 Å². The first-order valence-electron chi connectivity index (χ1n) is 7.59. The van der Waals surface area contributed by atoms with Crippen molar-refractivity contribution in [3.05, 3.63) is 29.8 Å². The third-order valence-corrected chi connectivity index (χ3v) is 3.70. The van der Waals surface area contributed by atoms with Crippen LogP contribution in [0.3, 0.4) is 0 Å². The maximum atomic E-state index is 12.3. The third kappa shape index (κ3) is 3.65. The number of esters is 1. The fourth-order valence-corrected chi connectivity index (χ4v) is 2.19. The van der Waals surface area contributed by atoms with Gasteiger partial charge in [-0.05, 0) is 30.5 Å². The van der Waals surface area contributed by atoms with Crippen LogP contribution >= 0.6 is 0 Å². The molecular weight excluding hydrogens is 282 g/mol. The standard InChI is InChI=1S/C17H21NO4/c1-3-5-15-20-11-17(10-18,12-21-15)16(19)22-14-8-6-13(4-2)7-9-14/h6-9,15H,3-5,11-12H2,1-2H3/t15-,17+. The van der Waals surface area contributed by atoms with E-state index in [1.165, 1.54) is 0 Å². The lowest BCUT2D eigenvalue weighted by atomic mass is 9.91. The summed E-state index contributed by atoms with van der Waals surface area (Å²) < 4.78 is 16.3. The van der Waals surface area contributed by atoms with Gasteiger partial charge in [0.25, 0.3) is 0 Å². The lowest BCUT2D eigenvalue weighted by molar-refractivity contribution is -0.222. The molecule has 0 atom stereocenters. The second kappa shape index (κ2) is 7.39. The van der Waals surface area contributed by atoms with Gasteiger partial charge in [0.2, 0.25) is 5.41 Å². The Hall–Kier alpha value is -1.90. The molecule has 1 heterocycles. The summed E-state index contributed by atoms with van der Waals surface area (Å²) in [4.78, 5) is 12.3. The van der Waals surface area contributed by atoms with Gasteiger partial charge < -0.3 is 14.2 Å². The third-order valence-electron chi connectivity index (χ3n) is 3.70. The topological polar surface area (TPSA) is 68.5 Å². The highest BCUT2D eigenvalue weighted by Gasteiger charge is 2.46. The molecule has 1 aromatic carbocycles. The van der Waals surface area contributed by atoms with Crippen molar-refractivity contribution in [3.63, 3.8) is 0 Å². The Morgan fingerprint density at radius 2 is 1.95 bits per heavy atom. The fraction of sp³-hybridized carbons (Fsp3) is 0.529. The van der Waals surface area contributed by atoms with E-state index in [0.29, 0.717) is 5.75 Å². The van der Waals surface area contributed by atoms with E-state index in [1.807, 2.05) is 25.1 Å². The number of hydrogen-bond donors (Lipinski definition) is 0. The van der Waals surface area contributed by atoms with Crippen molar-refractivity contribution in [1.82, 2.24) is 0 Å². The van der Waals surface area contributed by atoms with Crippen molar-refractivity contribution >= 4 is 5.97 Å². The maximum absolute atomic E-state index is 12.3. The van der Waals surface area contributed by atoms with Crippen LogP contribution in [0.5, 0.6) is 5.75 Å². The van der Waals surface area contributed by atoms with Gasteiger partial charge in [0.05, 0.1) is 19.3 Å². The van der Waals surface area contributed by atoms with Gasteiger partial charge in [0.15, 0.2) is 6.29 Å². The van der Waals surface area contributed by atoms with E-state index in [-0.39, 0.29) is 19.5 Å². The van der Waals surface area contributed by atoms with Gasteiger partial charge in [0.1, 0.15) is 5.75 Å². The predicted molar refractivity (Wildman–Crippen MR) is 80.1 cm³/mol. The number of benzene rings is 1. The van der Waals surface area contributed by atoms with Gasteiger partial charge in [-0.1, -0.05) is 32.4 Å². The summed E-state index contributed by atoms with van der Waals surface area (Å²) in [6.45, 7) is 4.07. The lowest BCUT2D eigenvalue weighted by Crippen LogP contribution is -2.48. The van der Waals surface area contributed by atoms with Gasteiger partial charge in [-0.3, -0.25) is 0 Å². The number of ether oxygens (including phenoxy) is 3. The highest BCUT2D eigenvalue weighted by Crippen LogP contribution is 2.28. The van der Waals surface area contributed by atoms with E-state index in [2.05, 4.69) is 6.92 Å². The zero-order chi connectivity index (χ0) is 16.0. The molecular formula is C17H21NO4. The molecule has 1 fully saturated rings. The Balaban J connectivity index is 2.01. The second-order valence-corrected chi connectivity index (χ2v) is 5.42. The summed E-state index contributed by atoms with van der Waals surface area (Å²) in [6.07, 6.45) is 2.23. The molecule has 5 heteroatoms. The van der Waals surface area contributed by atoms with Gasteiger partial charge >= 0.3 is 5.97 Å². The summed E-state index contributed by atoms with van der Waals surface area (Å²) in [5.41, 5.74) is -0.241. The lowest BCUT2D eigenvalue weighted by Gasteiger charge is -2.33. The Kier molecular flexibility index (Phi) is 5.53. The van der Waals surface area contributed by atoms with Gasteiger partial charge in [-0.25, -0.2) is 4.79 Å². The molecule has 1 aliphatic heterocycles. The van der Waals surface area contributed by atoms with Gasteiger partial charge in [-0.15, -0.1) is 0 Å². The summed E-state index contributed by atoms with van der Waals surface area (Å²) >= 11 is 0. The van der Waals surface area contributed by atoms with Crippen molar-refractivity contribution in [2.75, 3.05) is 13.2 Å². The predicted octanol–water partition coefficient (Wildman–Crippen LogP) is 2.84. The van der Waals surface area contributed by atoms with Crippen LogP contribution in [0.25, 0.3) is 0 Å². The average molecular weight is 303 g/mol. The molecule has 0 N–H and O–H groups in total. The molecule has 0 aromatic heterocycles. The summed E-state index contributed by atoms with van der Waals surface area (Å²) in [5.74, 6) is -0.207. The highest BCUT2D eigenvalue weighted by atomic mass is 16.7. The number of carbonyl (C=O) groups excluding carboxylic acids is 1. The van der Waals surface area contributed by atoms with Crippen LogP contribution in [0.1, 0.15) is 32.3 Å². The number of nitriles is 1. The quantitative estimate of drug-likeness (QED) is 0.618. The van der Waals surface area contributed by atoms with Crippen molar-refractivity contribution in [2.45, 2.75) is 39.4 Å². The van der Waals surface area contributed by atoms with Crippen molar-refractivity contribution in [1.29, 1.82) is 5.26 Å². The minimum Gasteiger partial charge on any atom is -0.425 e. The van der Waals surface area contributed by atoms with E-state index in [4.69, 9.17) is 14.2 Å². The van der Waals surface area contributed by atoms with Crippen LogP contribution in [0, 0.1) is 16.7 Å². The molecule has 2 rings (SSSR count). The number of nitrogens with zero attached hydrogens (tertiary/aromatic N) is 1. The SMILES string of the molecule is CCC[C@H]1OC[C@@](C#N)(C(=O)Oc2ccc(CC)cc2)CO1. The Morgan fingerprint density at radius 1 is 1.32 bits per heavy atom. The number of aryl methyl sites for hydroxylation is 1. The van der Waals surface area contributed by atoms with Crippen LogP contribution in [0.15, 0.2) is 24.3 Å². The van der Waals surface area contributed by atoms with Crippen LogP contribution in [-0.2, 0) is 20.7 Å². The average Bonchev–Trinajstić information content (AvgIpc) is 2.56. The number of hydrogen-bond acceptors (Lipinski definition) is 5. The molecule has 5 nitrogen and oxygen atoms in total. The van der Waals surface area contributed by atoms with Crippen molar-refractivity contribution < 1.29 is 19.0 Å². The van der Waals surface area contributed by atoms with E-state index >= 15 is 0 Å². The molecule has 1 saturated heterocycles. The summed E-state index contributed by atoms with van der Waals surface area (Å²) in [5, 5.41) is 9.38. The molecule has 0 amide bonds. The van der Waals surface area contributed by atoms with E-state index < -0.39 is 11.4 Å². The van der Waals surface area contributed by atoms with Crippen LogP contribution in [-0.4, -0.2) is 25.5 Å². The Morgan fingerprint density at radius 3 is 2.45 bits per heavy atom. The van der Waals surface area contributed by atoms with Crippen LogP contribution < -0.4 is 4.74 Å². The minimum atomic E-state index is -1.40. The first kappa shape index (κ1) is 16.5. The molecule has 22 heavy (non-hydrogen) atoms. The van der Waals surface area contributed by atoms with E-state index in [0.717, 1.165) is 24.8 Å². The van der Waals surface area contributed by atoms with Crippen molar-refractivity contribution in [3.8, 4) is 11.8 Å². The summed E-state index contributed by atoms with van der Waals surface area (Å²) in [6, 6.07) is 9.25. The van der Waals surface area contributed by atoms with E-state index in [1.54, 1.807) is 12.1 Å². The minimum absolute atomic E-state index is 0.0000432. The monoisotopic (exact) mass is 303 g/mol. The molecule has 1 aliphatic rings. The molecule has 0 radical (unpaired) electrons. The molecule has 0 bridgehead atoms. The summed E-state index contributed by atoms with van der Waals surface area (Å²) in [7, 11) is 0. The molecule has 0 spiro atoms. The van der Waals surface area contributed by atoms with Gasteiger partial charge in [0, 0.05) is 0 Å². The maximum Gasteiger partial charge on any atom is 0.336 e. The zero-order valence-corrected chi connectivity index (χ0v) is 13.0. The molecule has 0 unspecified atom stereocenters. The molecule has 1 aromatic rings. The number of carbonyl (C=O) groups is 1. The highest BCUT2D eigenvalue weighted by molar-refractivity contribution is 5.82. The van der Waals surface area contributed by atoms with Gasteiger partial charge in [-0.2, -0.15) is 5.26 Å². The Bertz CT molecular complexity index is 539. The number of rotatable bonds is 5. The second-order valence-electron chi connectivity index (χ2n) is 5.42. The first-order valence-corrected chi connectivity index (χ1v) is 7.59. The zero-order valence-electron chi connectivity index (χ0n) is 13.0. The fourth-order valence-electron chi connectivity index (χ4n) is 2.19.